The van der Waals surface area contributed by atoms with Crippen LogP contribution < -0.4 is 10.2 Å². The maximum Gasteiger partial charge on any atom is 0.277 e. The van der Waals surface area contributed by atoms with Gasteiger partial charge in [-0.3, -0.25) is 4.79 Å². The number of carbonyl (C=O) groups excluding carboxylic acids is 1. The molecule has 0 spiro atoms. The molecule has 26 heavy (non-hydrogen) atoms. The number of hydrogen-bond donors (Lipinski definition) is 3. The molecule has 3 N–H and O–H groups in total. The molecule has 0 radical (unpaired) electrons. The third kappa shape index (κ3) is 4.90. The average molecular weight is 507 g/mol. The summed E-state index contributed by atoms with van der Waals surface area (Å²) in [7, 11) is 0. The second-order valence-corrected chi connectivity index (χ2v) is 7.44. The molecule has 0 heterocycles. The van der Waals surface area contributed by atoms with Crippen LogP contribution in [0, 0.1) is 13.8 Å². The number of amides is 1. The molecule has 0 unspecified atom stereocenters. The normalized spacial score (nSPS) is 11.0. The standard InChI is InChI=1S/C17H15Br2ClN2O4/c1-8-3-11(4-9(2)15(8)20)26-7-13(23)22-21-6-10-5-12(18)17(25)14(19)16(10)24/h3-6,24-25H,7H2,1-2H3,(H,22,23)/b21-6+. The lowest BCUT2D eigenvalue weighted by Gasteiger charge is -2.09. The zero-order valence-electron chi connectivity index (χ0n) is 13.8. The fourth-order valence-electron chi connectivity index (χ4n) is 2.06. The summed E-state index contributed by atoms with van der Waals surface area (Å²) in [5.41, 5.74) is 4.32. The predicted molar refractivity (Wildman–Crippen MR) is 107 cm³/mol. The van der Waals surface area contributed by atoms with Gasteiger partial charge in [0.25, 0.3) is 5.91 Å². The number of carbonyl (C=O) groups is 1. The van der Waals surface area contributed by atoms with Crippen LogP contribution in [0.2, 0.25) is 5.02 Å². The van der Waals surface area contributed by atoms with Gasteiger partial charge >= 0.3 is 0 Å². The monoisotopic (exact) mass is 504 g/mol. The highest BCUT2D eigenvalue weighted by atomic mass is 79.9. The summed E-state index contributed by atoms with van der Waals surface area (Å²) in [4.78, 5) is 11.8. The third-order valence-electron chi connectivity index (χ3n) is 3.37. The highest BCUT2D eigenvalue weighted by molar-refractivity contribution is 9.11. The predicted octanol–water partition coefficient (Wildman–Crippen LogP) is 4.42. The lowest BCUT2D eigenvalue weighted by Crippen LogP contribution is -2.24. The van der Waals surface area contributed by atoms with Crippen molar-refractivity contribution < 1.29 is 19.7 Å². The average Bonchev–Trinajstić information content (AvgIpc) is 2.60. The highest BCUT2D eigenvalue weighted by Crippen LogP contribution is 2.40. The Balaban J connectivity index is 1.96. The molecule has 0 bridgehead atoms. The van der Waals surface area contributed by atoms with Crippen molar-refractivity contribution in [2.45, 2.75) is 13.8 Å². The lowest BCUT2D eigenvalue weighted by atomic mass is 10.1. The molecule has 2 aromatic rings. The number of benzene rings is 2. The van der Waals surface area contributed by atoms with Crippen LogP contribution in [-0.4, -0.2) is 28.9 Å². The van der Waals surface area contributed by atoms with Gasteiger partial charge in [-0.1, -0.05) is 11.6 Å². The van der Waals surface area contributed by atoms with Gasteiger partial charge in [0.2, 0.25) is 0 Å². The molecular weight excluding hydrogens is 491 g/mol. The van der Waals surface area contributed by atoms with Crippen LogP contribution in [-0.2, 0) is 4.79 Å². The molecule has 1 amide bonds. The molecule has 0 fully saturated rings. The molecule has 0 atom stereocenters. The molecule has 0 saturated carbocycles. The number of phenols is 2. The van der Waals surface area contributed by atoms with Crippen molar-refractivity contribution in [3.05, 3.63) is 48.9 Å². The highest BCUT2D eigenvalue weighted by Gasteiger charge is 2.13. The molecule has 0 saturated heterocycles. The number of hydrazone groups is 1. The maximum absolute atomic E-state index is 11.8. The zero-order chi connectivity index (χ0) is 19.4. The Bertz CT molecular complexity index is 865. The van der Waals surface area contributed by atoms with E-state index in [1.54, 1.807) is 12.1 Å². The second kappa shape index (κ2) is 8.75. The van der Waals surface area contributed by atoms with Crippen LogP contribution in [0.25, 0.3) is 0 Å². The number of aromatic hydroxyl groups is 2. The van der Waals surface area contributed by atoms with E-state index in [2.05, 4.69) is 42.4 Å². The molecule has 0 aliphatic carbocycles. The Morgan fingerprint density at radius 1 is 1.23 bits per heavy atom. The first kappa shape index (κ1) is 20.5. The fourth-order valence-corrected chi connectivity index (χ4v) is 3.32. The first-order valence-corrected chi connectivity index (χ1v) is 9.28. The van der Waals surface area contributed by atoms with Gasteiger partial charge in [-0.2, -0.15) is 5.10 Å². The minimum atomic E-state index is -0.470. The van der Waals surface area contributed by atoms with E-state index in [0.29, 0.717) is 20.8 Å². The van der Waals surface area contributed by atoms with Gasteiger partial charge in [0.1, 0.15) is 21.7 Å². The van der Waals surface area contributed by atoms with E-state index in [-0.39, 0.29) is 22.6 Å². The van der Waals surface area contributed by atoms with Crippen LogP contribution in [0.1, 0.15) is 16.7 Å². The van der Waals surface area contributed by atoms with Crippen molar-refractivity contribution in [3.8, 4) is 17.2 Å². The molecular formula is C17H15Br2ClN2O4. The second-order valence-electron chi connectivity index (χ2n) is 5.41. The van der Waals surface area contributed by atoms with Crippen molar-refractivity contribution in [3.63, 3.8) is 0 Å². The summed E-state index contributed by atoms with van der Waals surface area (Å²) in [5.74, 6) is -0.270. The maximum atomic E-state index is 11.8. The van der Waals surface area contributed by atoms with E-state index in [9.17, 15) is 15.0 Å². The van der Waals surface area contributed by atoms with Gasteiger partial charge in [-0.05, 0) is 75.0 Å². The van der Waals surface area contributed by atoms with Gasteiger partial charge in [-0.25, -0.2) is 5.43 Å². The van der Waals surface area contributed by atoms with Crippen molar-refractivity contribution >= 4 is 55.6 Å². The Morgan fingerprint density at radius 3 is 2.46 bits per heavy atom. The van der Waals surface area contributed by atoms with Gasteiger partial charge in [0.15, 0.2) is 6.61 Å². The van der Waals surface area contributed by atoms with Crippen molar-refractivity contribution in [1.82, 2.24) is 5.43 Å². The molecule has 2 aromatic carbocycles. The van der Waals surface area contributed by atoms with Crippen LogP contribution in [0.3, 0.4) is 0 Å². The number of ether oxygens (including phenoxy) is 1. The number of nitrogens with one attached hydrogen (secondary N) is 1. The van der Waals surface area contributed by atoms with E-state index >= 15 is 0 Å². The molecule has 9 heteroatoms. The summed E-state index contributed by atoms with van der Waals surface area (Å²) in [6.07, 6.45) is 1.25. The van der Waals surface area contributed by atoms with Gasteiger partial charge < -0.3 is 14.9 Å². The first-order valence-electron chi connectivity index (χ1n) is 7.32. The number of halogens is 3. The smallest absolute Gasteiger partial charge is 0.277 e. The molecule has 138 valence electrons. The van der Waals surface area contributed by atoms with E-state index in [1.807, 2.05) is 13.8 Å². The molecule has 6 nitrogen and oxygen atoms in total. The Morgan fingerprint density at radius 2 is 1.85 bits per heavy atom. The summed E-state index contributed by atoms with van der Waals surface area (Å²) < 4.78 is 5.91. The van der Waals surface area contributed by atoms with Crippen LogP contribution in [0.5, 0.6) is 17.2 Å². The Hall–Kier alpha value is -1.77. The minimum Gasteiger partial charge on any atom is -0.506 e. The van der Waals surface area contributed by atoms with Gasteiger partial charge in [0, 0.05) is 10.6 Å². The van der Waals surface area contributed by atoms with Crippen molar-refractivity contribution in [2.75, 3.05) is 6.61 Å². The quantitative estimate of drug-likeness (QED) is 0.414. The van der Waals surface area contributed by atoms with E-state index in [1.165, 1.54) is 12.3 Å². The number of aryl methyl sites for hydroxylation is 2. The summed E-state index contributed by atoms with van der Waals surface area (Å²) in [6.45, 7) is 3.48. The lowest BCUT2D eigenvalue weighted by molar-refractivity contribution is -0.123. The Kier molecular flexibility index (Phi) is 6.91. The fraction of sp³-hybridized carbons (Fsp3) is 0.176. The Labute approximate surface area is 172 Å². The minimum absolute atomic E-state index is 0.122. The first-order chi connectivity index (χ1) is 12.2. The summed E-state index contributed by atoms with van der Waals surface area (Å²) in [5, 5.41) is 24.0. The SMILES string of the molecule is Cc1cc(OCC(=O)N/N=C/c2cc(Br)c(O)c(Br)c2O)cc(C)c1Cl. The number of phenolic OH excluding ortho intramolecular Hbond substituents is 2. The summed E-state index contributed by atoms with van der Waals surface area (Å²) in [6, 6.07) is 4.95. The van der Waals surface area contributed by atoms with E-state index < -0.39 is 5.91 Å². The van der Waals surface area contributed by atoms with Crippen LogP contribution >= 0.6 is 43.5 Å². The number of hydrogen-bond acceptors (Lipinski definition) is 5. The third-order valence-corrected chi connectivity index (χ3v) is 5.32. The van der Waals surface area contributed by atoms with Crippen LogP contribution in [0.15, 0.2) is 32.2 Å². The largest absolute Gasteiger partial charge is 0.506 e. The van der Waals surface area contributed by atoms with Crippen molar-refractivity contribution in [1.29, 1.82) is 0 Å². The number of rotatable bonds is 5. The number of nitrogens with zero attached hydrogens (tertiary/aromatic N) is 1. The van der Waals surface area contributed by atoms with Crippen molar-refractivity contribution in [2.24, 2.45) is 5.10 Å². The van der Waals surface area contributed by atoms with Crippen LogP contribution in [0.4, 0.5) is 0 Å². The summed E-state index contributed by atoms with van der Waals surface area (Å²) >= 11 is 12.3. The zero-order valence-corrected chi connectivity index (χ0v) is 17.7. The topological polar surface area (TPSA) is 91.2 Å². The van der Waals surface area contributed by atoms with Gasteiger partial charge in [-0.15, -0.1) is 0 Å². The van der Waals surface area contributed by atoms with Gasteiger partial charge in [0.05, 0.1) is 10.7 Å². The molecule has 0 aromatic heterocycles. The molecule has 0 aliphatic rings. The molecule has 0 aliphatic heterocycles. The van der Waals surface area contributed by atoms with E-state index in [4.69, 9.17) is 16.3 Å². The molecule has 2 rings (SSSR count). The van der Waals surface area contributed by atoms with E-state index in [0.717, 1.165) is 11.1 Å².